The number of anilines is 1. The van der Waals surface area contributed by atoms with Gasteiger partial charge in [-0.25, -0.2) is 4.98 Å². The van der Waals surface area contributed by atoms with E-state index in [1.54, 1.807) is 0 Å². The highest BCUT2D eigenvalue weighted by atomic mass is 32.2. The van der Waals surface area contributed by atoms with Gasteiger partial charge in [-0.05, 0) is 18.6 Å². The summed E-state index contributed by atoms with van der Waals surface area (Å²) in [5.41, 5.74) is -0.725. The molecule has 1 aromatic heterocycles. The normalized spacial score (nSPS) is 11.6. The fourth-order valence-corrected chi connectivity index (χ4v) is 1.91. The van der Waals surface area contributed by atoms with E-state index in [1.807, 2.05) is 6.92 Å². The summed E-state index contributed by atoms with van der Waals surface area (Å²) in [6.45, 7) is 2.39. The Bertz CT molecular complexity index is 359. The van der Waals surface area contributed by atoms with Gasteiger partial charge in [0.2, 0.25) is 0 Å². The van der Waals surface area contributed by atoms with E-state index >= 15 is 0 Å². The van der Waals surface area contributed by atoms with Crippen molar-refractivity contribution in [1.82, 2.24) is 4.98 Å². The molecule has 1 heterocycles. The molecule has 0 fully saturated rings. The van der Waals surface area contributed by atoms with Gasteiger partial charge in [-0.1, -0.05) is 6.92 Å². The summed E-state index contributed by atoms with van der Waals surface area (Å²) < 4.78 is 38.0. The molecule has 0 aromatic carbocycles. The molecule has 102 valence electrons. The fraction of sp³-hybridized carbons (Fsp3) is 0.545. The van der Waals surface area contributed by atoms with Crippen molar-refractivity contribution in [3.05, 3.63) is 17.7 Å². The van der Waals surface area contributed by atoms with Gasteiger partial charge in [-0.2, -0.15) is 13.2 Å². The van der Waals surface area contributed by atoms with Crippen molar-refractivity contribution in [3.63, 3.8) is 0 Å². The zero-order valence-electron chi connectivity index (χ0n) is 9.92. The monoisotopic (exact) mass is 280 g/mol. The van der Waals surface area contributed by atoms with Gasteiger partial charge in [0.05, 0.1) is 17.2 Å². The number of hydrogen-bond acceptors (Lipinski definition) is 4. The highest BCUT2D eigenvalue weighted by Crippen LogP contribution is 2.33. The largest absolute Gasteiger partial charge is 0.416 e. The maximum Gasteiger partial charge on any atom is 0.416 e. The molecule has 0 saturated heterocycles. The summed E-state index contributed by atoms with van der Waals surface area (Å²) in [6.07, 6.45) is -3.59. The lowest BCUT2D eigenvalue weighted by molar-refractivity contribution is -0.137. The third kappa shape index (κ3) is 4.73. The molecule has 1 rings (SSSR count). The summed E-state index contributed by atoms with van der Waals surface area (Å²) in [7, 11) is 0. The van der Waals surface area contributed by atoms with Gasteiger partial charge in [0, 0.05) is 12.3 Å². The molecule has 0 amide bonds. The highest BCUT2D eigenvalue weighted by molar-refractivity contribution is 7.99. The third-order valence-electron chi connectivity index (χ3n) is 2.03. The first-order valence-electron chi connectivity index (χ1n) is 5.54. The minimum absolute atomic E-state index is 0.0969. The van der Waals surface area contributed by atoms with E-state index in [2.05, 4.69) is 10.3 Å². The molecule has 0 unspecified atom stereocenters. The maximum atomic E-state index is 12.7. The highest BCUT2D eigenvalue weighted by Gasteiger charge is 2.31. The van der Waals surface area contributed by atoms with Gasteiger partial charge in [0.25, 0.3) is 0 Å². The number of pyridine rings is 1. The zero-order chi connectivity index (χ0) is 13.6. The number of nitrogens with one attached hydrogen (secondary N) is 1. The van der Waals surface area contributed by atoms with Crippen molar-refractivity contribution in [2.75, 3.05) is 24.2 Å². The molecule has 0 saturated carbocycles. The van der Waals surface area contributed by atoms with Crippen molar-refractivity contribution in [2.24, 2.45) is 0 Å². The predicted octanol–water partition coefficient (Wildman–Crippen LogP) is 3.01. The van der Waals surface area contributed by atoms with Crippen molar-refractivity contribution in [3.8, 4) is 0 Å². The molecule has 0 spiro atoms. The number of halogens is 3. The van der Waals surface area contributed by atoms with Gasteiger partial charge >= 0.3 is 6.18 Å². The van der Waals surface area contributed by atoms with Crippen molar-refractivity contribution in [1.29, 1.82) is 0 Å². The minimum Gasteiger partial charge on any atom is -0.396 e. The SMILES string of the molecule is CCCNc1cc(C(F)(F)F)cc(SCCO)n1. The Kier molecular flexibility index (Phi) is 5.74. The lowest BCUT2D eigenvalue weighted by atomic mass is 10.2. The standard InChI is InChI=1S/C11H15F3N2OS/c1-2-3-15-9-6-8(11(12,13)14)7-10(16-9)18-5-4-17/h6-7,17H,2-5H2,1H3,(H,15,16). The Hall–Kier alpha value is -0.950. The molecule has 0 aliphatic rings. The summed E-state index contributed by atoms with van der Waals surface area (Å²) in [5.74, 6) is 0.536. The zero-order valence-corrected chi connectivity index (χ0v) is 10.7. The number of nitrogens with zero attached hydrogens (tertiary/aromatic N) is 1. The maximum absolute atomic E-state index is 12.7. The van der Waals surface area contributed by atoms with Crippen LogP contribution in [0, 0.1) is 0 Å². The van der Waals surface area contributed by atoms with Crippen molar-refractivity contribution in [2.45, 2.75) is 24.5 Å². The molecule has 18 heavy (non-hydrogen) atoms. The first-order valence-corrected chi connectivity index (χ1v) is 6.52. The Balaban J connectivity index is 2.96. The topological polar surface area (TPSA) is 45.1 Å². The number of aliphatic hydroxyl groups is 1. The number of aromatic nitrogens is 1. The molecule has 0 aliphatic heterocycles. The van der Waals surface area contributed by atoms with Crippen LogP contribution in [0.25, 0.3) is 0 Å². The van der Waals surface area contributed by atoms with E-state index in [-0.39, 0.29) is 17.5 Å². The molecule has 7 heteroatoms. The van der Waals surface area contributed by atoms with Gasteiger partial charge < -0.3 is 10.4 Å². The molecule has 3 nitrogen and oxygen atoms in total. The fourth-order valence-electron chi connectivity index (χ4n) is 1.24. The molecule has 0 bridgehead atoms. The molecule has 0 aliphatic carbocycles. The number of aliphatic hydroxyl groups excluding tert-OH is 1. The molecular formula is C11H15F3N2OS. The molecule has 0 atom stereocenters. The van der Waals surface area contributed by atoms with Crippen LogP contribution < -0.4 is 5.32 Å². The lowest BCUT2D eigenvalue weighted by Gasteiger charge is -2.12. The Morgan fingerprint density at radius 1 is 1.39 bits per heavy atom. The predicted molar refractivity (Wildman–Crippen MR) is 65.8 cm³/mol. The molecule has 2 N–H and O–H groups in total. The third-order valence-corrected chi connectivity index (χ3v) is 2.92. The summed E-state index contributed by atoms with van der Waals surface area (Å²) >= 11 is 1.10. The van der Waals surface area contributed by atoms with Gasteiger partial charge in [0.15, 0.2) is 0 Å². The van der Waals surface area contributed by atoms with E-state index in [0.29, 0.717) is 12.3 Å². The van der Waals surface area contributed by atoms with Crippen LogP contribution in [0.2, 0.25) is 0 Å². The summed E-state index contributed by atoms with van der Waals surface area (Å²) in [6, 6.07) is 2.00. The summed E-state index contributed by atoms with van der Waals surface area (Å²) in [4.78, 5) is 4.06. The second kappa shape index (κ2) is 6.84. The van der Waals surface area contributed by atoms with Gasteiger partial charge in [-0.3, -0.25) is 0 Å². The second-order valence-corrected chi connectivity index (χ2v) is 4.69. The Labute approximate surface area is 108 Å². The van der Waals surface area contributed by atoms with E-state index in [0.717, 1.165) is 30.3 Å². The summed E-state index contributed by atoms with van der Waals surface area (Å²) in [5, 5.41) is 11.8. The van der Waals surface area contributed by atoms with Crippen LogP contribution in [0.3, 0.4) is 0 Å². The Morgan fingerprint density at radius 2 is 2.11 bits per heavy atom. The van der Waals surface area contributed by atoms with E-state index in [9.17, 15) is 13.2 Å². The van der Waals surface area contributed by atoms with Crippen LogP contribution in [0.1, 0.15) is 18.9 Å². The molecule has 1 aromatic rings. The average Bonchev–Trinajstić information content (AvgIpc) is 2.32. The second-order valence-electron chi connectivity index (χ2n) is 3.58. The average molecular weight is 280 g/mol. The molecular weight excluding hydrogens is 265 g/mol. The van der Waals surface area contributed by atoms with Gasteiger partial charge in [-0.15, -0.1) is 11.8 Å². The Morgan fingerprint density at radius 3 is 2.67 bits per heavy atom. The van der Waals surface area contributed by atoms with Crippen LogP contribution in [0.4, 0.5) is 19.0 Å². The van der Waals surface area contributed by atoms with E-state index in [4.69, 9.17) is 5.11 Å². The first-order chi connectivity index (χ1) is 8.47. The van der Waals surface area contributed by atoms with Crippen LogP contribution in [-0.2, 0) is 6.18 Å². The number of alkyl halides is 3. The minimum atomic E-state index is -4.39. The van der Waals surface area contributed by atoms with Crippen LogP contribution in [0.15, 0.2) is 17.2 Å². The van der Waals surface area contributed by atoms with Gasteiger partial charge in [0.1, 0.15) is 5.82 Å². The van der Waals surface area contributed by atoms with Crippen molar-refractivity contribution < 1.29 is 18.3 Å². The lowest BCUT2D eigenvalue weighted by Crippen LogP contribution is -2.09. The van der Waals surface area contributed by atoms with Crippen LogP contribution in [0.5, 0.6) is 0 Å². The molecule has 0 radical (unpaired) electrons. The van der Waals surface area contributed by atoms with Crippen LogP contribution in [-0.4, -0.2) is 29.0 Å². The quantitative estimate of drug-likeness (QED) is 0.786. The van der Waals surface area contributed by atoms with Crippen molar-refractivity contribution >= 4 is 17.6 Å². The smallest absolute Gasteiger partial charge is 0.396 e. The first kappa shape index (κ1) is 15.1. The van der Waals surface area contributed by atoms with Crippen LogP contribution >= 0.6 is 11.8 Å². The number of rotatable bonds is 6. The number of thioether (sulfide) groups is 1. The van der Waals surface area contributed by atoms with E-state index < -0.39 is 11.7 Å². The number of hydrogen-bond donors (Lipinski definition) is 2. The van der Waals surface area contributed by atoms with E-state index in [1.165, 1.54) is 0 Å².